The highest BCUT2D eigenvalue weighted by atomic mass is 32.1. The number of anilines is 1. The Bertz CT molecular complexity index is 514. The van der Waals surface area contributed by atoms with Gasteiger partial charge in [0.15, 0.2) is 0 Å². The zero-order chi connectivity index (χ0) is 14.1. The first-order valence-corrected chi connectivity index (χ1v) is 8.08. The second kappa shape index (κ2) is 5.68. The van der Waals surface area contributed by atoms with Gasteiger partial charge in [0.25, 0.3) is 0 Å². The molecular weight excluding hydrogens is 266 g/mol. The molecule has 4 heteroatoms. The average Bonchev–Trinajstić information content (AvgIpc) is 2.46. The number of nitrogens with two attached hydrogens (primary N) is 1. The standard InChI is InChI=1S/C16H23N3S/c1-11-8-14(16(17)20)9-15(18-11)19-7-6-12-4-2-3-5-13(12)10-19/h8-9,12-13H,2-7,10H2,1H3,(H2,17,20). The fourth-order valence-corrected chi connectivity index (χ4v) is 3.88. The molecule has 1 saturated carbocycles. The van der Waals surface area contributed by atoms with Crippen LogP contribution in [-0.4, -0.2) is 23.1 Å². The molecule has 2 unspecified atom stereocenters. The Morgan fingerprint density at radius 3 is 2.75 bits per heavy atom. The van der Waals surface area contributed by atoms with E-state index in [1.54, 1.807) is 0 Å². The molecule has 1 aliphatic carbocycles. The Kier molecular flexibility index (Phi) is 3.92. The van der Waals surface area contributed by atoms with E-state index < -0.39 is 0 Å². The predicted octanol–water partition coefficient (Wildman–Crippen LogP) is 3.04. The monoisotopic (exact) mass is 289 g/mol. The van der Waals surface area contributed by atoms with Gasteiger partial charge in [0.05, 0.1) is 0 Å². The highest BCUT2D eigenvalue weighted by Gasteiger charge is 2.31. The molecule has 3 nitrogen and oxygen atoms in total. The molecule has 2 atom stereocenters. The number of nitrogens with zero attached hydrogens (tertiary/aromatic N) is 2. The lowest BCUT2D eigenvalue weighted by atomic mass is 9.75. The van der Waals surface area contributed by atoms with Crippen LogP contribution in [0.4, 0.5) is 5.82 Å². The van der Waals surface area contributed by atoms with Crippen LogP contribution in [0.3, 0.4) is 0 Å². The molecular formula is C16H23N3S. The van der Waals surface area contributed by atoms with Crippen LogP contribution < -0.4 is 10.6 Å². The quantitative estimate of drug-likeness (QED) is 0.850. The SMILES string of the molecule is Cc1cc(C(N)=S)cc(N2CCC3CCCCC3C2)n1. The Labute approximate surface area is 126 Å². The van der Waals surface area contributed by atoms with E-state index in [0.717, 1.165) is 42.0 Å². The smallest absolute Gasteiger partial charge is 0.129 e. The second-order valence-corrected chi connectivity index (χ2v) is 6.70. The van der Waals surface area contributed by atoms with E-state index >= 15 is 0 Å². The van der Waals surface area contributed by atoms with Crippen molar-refractivity contribution >= 4 is 23.0 Å². The second-order valence-electron chi connectivity index (χ2n) is 6.26. The van der Waals surface area contributed by atoms with Gasteiger partial charge < -0.3 is 10.6 Å². The van der Waals surface area contributed by atoms with E-state index in [-0.39, 0.29) is 0 Å². The summed E-state index contributed by atoms with van der Waals surface area (Å²) in [5, 5.41) is 0. The molecule has 2 fully saturated rings. The molecule has 2 N–H and O–H groups in total. The summed E-state index contributed by atoms with van der Waals surface area (Å²) < 4.78 is 0. The van der Waals surface area contributed by atoms with Crippen molar-refractivity contribution in [2.45, 2.75) is 39.0 Å². The molecule has 0 bridgehead atoms. The summed E-state index contributed by atoms with van der Waals surface area (Å²) in [5.74, 6) is 2.85. The Hall–Kier alpha value is -1.16. The topological polar surface area (TPSA) is 42.1 Å². The molecule has 0 radical (unpaired) electrons. The molecule has 20 heavy (non-hydrogen) atoms. The summed E-state index contributed by atoms with van der Waals surface area (Å²) in [7, 11) is 0. The molecule has 0 aromatic carbocycles. The summed E-state index contributed by atoms with van der Waals surface area (Å²) >= 11 is 5.11. The van der Waals surface area contributed by atoms with Crippen LogP contribution in [0.2, 0.25) is 0 Å². The fraction of sp³-hybridized carbons (Fsp3) is 0.625. The van der Waals surface area contributed by atoms with Gasteiger partial charge in [0.2, 0.25) is 0 Å². The van der Waals surface area contributed by atoms with E-state index in [1.165, 1.54) is 32.1 Å². The zero-order valence-electron chi connectivity index (χ0n) is 12.1. The predicted molar refractivity (Wildman–Crippen MR) is 87.1 cm³/mol. The van der Waals surface area contributed by atoms with Gasteiger partial charge in [-0.25, -0.2) is 4.98 Å². The Morgan fingerprint density at radius 1 is 1.25 bits per heavy atom. The zero-order valence-corrected chi connectivity index (χ0v) is 13.0. The number of hydrogen-bond donors (Lipinski definition) is 1. The van der Waals surface area contributed by atoms with Gasteiger partial charge in [-0.05, 0) is 43.7 Å². The highest BCUT2D eigenvalue weighted by molar-refractivity contribution is 7.80. The maximum Gasteiger partial charge on any atom is 0.129 e. The lowest BCUT2D eigenvalue weighted by molar-refractivity contribution is 0.202. The van der Waals surface area contributed by atoms with Gasteiger partial charge in [-0.3, -0.25) is 0 Å². The minimum absolute atomic E-state index is 0.462. The minimum atomic E-state index is 0.462. The lowest BCUT2D eigenvalue weighted by Crippen LogP contribution is -2.42. The van der Waals surface area contributed by atoms with Crippen molar-refractivity contribution in [2.24, 2.45) is 17.6 Å². The van der Waals surface area contributed by atoms with Gasteiger partial charge in [-0.1, -0.05) is 31.5 Å². The van der Waals surface area contributed by atoms with Gasteiger partial charge in [-0.2, -0.15) is 0 Å². The number of hydrogen-bond acceptors (Lipinski definition) is 3. The Balaban J connectivity index is 1.80. The maximum atomic E-state index is 5.77. The average molecular weight is 289 g/mol. The van der Waals surface area contributed by atoms with Crippen molar-refractivity contribution in [1.82, 2.24) is 4.98 Å². The van der Waals surface area contributed by atoms with Gasteiger partial charge >= 0.3 is 0 Å². The van der Waals surface area contributed by atoms with Gasteiger partial charge in [0, 0.05) is 24.3 Å². The molecule has 1 aromatic heterocycles. The van der Waals surface area contributed by atoms with Crippen molar-refractivity contribution in [3.8, 4) is 0 Å². The number of rotatable bonds is 2. The molecule has 1 saturated heterocycles. The van der Waals surface area contributed by atoms with E-state index in [4.69, 9.17) is 18.0 Å². The number of fused-ring (bicyclic) bond motifs is 1. The molecule has 108 valence electrons. The number of thiocarbonyl (C=S) groups is 1. The first kappa shape index (κ1) is 13.8. The number of aromatic nitrogens is 1. The van der Waals surface area contributed by atoms with E-state index in [0.29, 0.717) is 4.99 Å². The number of piperidine rings is 1. The van der Waals surface area contributed by atoms with Gasteiger partial charge in [-0.15, -0.1) is 0 Å². The summed E-state index contributed by atoms with van der Waals surface area (Å²) in [6, 6.07) is 4.03. The third kappa shape index (κ3) is 2.80. The maximum absolute atomic E-state index is 5.77. The number of pyridine rings is 1. The summed E-state index contributed by atoms with van der Waals surface area (Å²) in [5.41, 5.74) is 7.71. The largest absolute Gasteiger partial charge is 0.389 e. The first-order valence-electron chi connectivity index (χ1n) is 7.67. The van der Waals surface area contributed by atoms with Crippen molar-refractivity contribution < 1.29 is 0 Å². The first-order chi connectivity index (χ1) is 9.63. The summed E-state index contributed by atoms with van der Waals surface area (Å²) in [6.45, 7) is 4.28. The van der Waals surface area contributed by atoms with Crippen LogP contribution in [0.5, 0.6) is 0 Å². The van der Waals surface area contributed by atoms with Gasteiger partial charge in [0.1, 0.15) is 10.8 Å². The van der Waals surface area contributed by atoms with E-state index in [1.807, 2.05) is 13.0 Å². The summed E-state index contributed by atoms with van der Waals surface area (Å²) in [4.78, 5) is 7.58. The van der Waals surface area contributed by atoms with Crippen molar-refractivity contribution in [2.75, 3.05) is 18.0 Å². The summed E-state index contributed by atoms with van der Waals surface area (Å²) in [6.07, 6.45) is 6.94. The van der Waals surface area contributed by atoms with E-state index in [9.17, 15) is 0 Å². The molecule has 3 rings (SSSR count). The van der Waals surface area contributed by atoms with Crippen molar-refractivity contribution in [3.05, 3.63) is 23.4 Å². The minimum Gasteiger partial charge on any atom is -0.389 e. The van der Waals surface area contributed by atoms with Crippen molar-refractivity contribution in [3.63, 3.8) is 0 Å². The number of aryl methyl sites for hydroxylation is 1. The molecule has 0 amide bonds. The third-order valence-electron chi connectivity index (χ3n) is 4.84. The highest BCUT2D eigenvalue weighted by Crippen LogP contribution is 2.37. The van der Waals surface area contributed by atoms with Crippen LogP contribution in [0.25, 0.3) is 0 Å². The lowest BCUT2D eigenvalue weighted by Gasteiger charge is -2.42. The molecule has 2 aliphatic rings. The van der Waals surface area contributed by atoms with Crippen LogP contribution >= 0.6 is 12.2 Å². The normalized spacial score (nSPS) is 26.1. The fourth-order valence-electron chi connectivity index (χ4n) is 3.76. The molecule has 1 aromatic rings. The third-order valence-corrected chi connectivity index (χ3v) is 5.08. The van der Waals surface area contributed by atoms with E-state index in [2.05, 4.69) is 16.0 Å². The van der Waals surface area contributed by atoms with Crippen LogP contribution in [0.15, 0.2) is 12.1 Å². The van der Waals surface area contributed by atoms with Crippen LogP contribution in [-0.2, 0) is 0 Å². The van der Waals surface area contributed by atoms with Crippen molar-refractivity contribution in [1.29, 1.82) is 0 Å². The Morgan fingerprint density at radius 2 is 2.00 bits per heavy atom. The van der Waals surface area contributed by atoms with Crippen LogP contribution in [0.1, 0.15) is 43.4 Å². The molecule has 1 aliphatic heterocycles. The van der Waals surface area contributed by atoms with Crippen LogP contribution in [0, 0.1) is 18.8 Å². The molecule has 2 heterocycles. The molecule has 0 spiro atoms.